The number of piperidine rings is 1. The Labute approximate surface area is 247 Å². The summed E-state index contributed by atoms with van der Waals surface area (Å²) in [5.41, 5.74) is 4.51. The minimum absolute atomic E-state index is 0.00445. The van der Waals surface area contributed by atoms with Gasteiger partial charge in [0.2, 0.25) is 5.78 Å². The summed E-state index contributed by atoms with van der Waals surface area (Å²) in [6, 6.07) is 0. The van der Waals surface area contributed by atoms with Crippen molar-refractivity contribution in [1.82, 2.24) is 4.90 Å². The highest BCUT2D eigenvalue weighted by Crippen LogP contribution is 2.75. The van der Waals surface area contributed by atoms with E-state index in [1.807, 2.05) is 6.92 Å². The maximum atomic E-state index is 12.8. The molecule has 6 rings (SSSR count). The van der Waals surface area contributed by atoms with E-state index in [1.165, 1.54) is 37.7 Å². The third-order valence-corrected chi connectivity index (χ3v) is 13.3. The molecule has 4 fully saturated rings. The molecule has 0 aromatic rings. The van der Waals surface area contributed by atoms with Crippen molar-refractivity contribution in [3.05, 3.63) is 46.3 Å². The van der Waals surface area contributed by atoms with Gasteiger partial charge in [-0.1, -0.05) is 58.8 Å². The van der Waals surface area contributed by atoms with Gasteiger partial charge in [0.15, 0.2) is 5.76 Å². The maximum absolute atomic E-state index is 12.8. The number of aliphatic hydroxyl groups excluding tert-OH is 1. The molecule has 5 heteroatoms. The van der Waals surface area contributed by atoms with Crippen molar-refractivity contribution >= 4 is 11.8 Å². The summed E-state index contributed by atoms with van der Waals surface area (Å²) in [5, 5.41) is 10.4. The number of rotatable bonds is 4. The van der Waals surface area contributed by atoms with Crippen LogP contribution in [0.15, 0.2) is 46.3 Å². The molecule has 6 atom stereocenters. The Kier molecular flexibility index (Phi) is 6.84. The Hall–Kier alpha value is -2.14. The highest BCUT2D eigenvalue weighted by atomic mass is 16.5. The van der Waals surface area contributed by atoms with Crippen LogP contribution in [-0.4, -0.2) is 48.0 Å². The van der Waals surface area contributed by atoms with Crippen LogP contribution in [0.25, 0.3) is 0 Å². The van der Waals surface area contributed by atoms with Crippen LogP contribution < -0.4 is 0 Å². The third kappa shape index (κ3) is 4.34. The molecule has 0 aromatic carbocycles. The van der Waals surface area contributed by atoms with Gasteiger partial charge in [-0.3, -0.25) is 14.5 Å². The summed E-state index contributed by atoms with van der Waals surface area (Å²) in [6.07, 6.45) is 17.7. The number of carbonyl (C=O) groups excluding carboxylic acids is 2. The van der Waals surface area contributed by atoms with Crippen molar-refractivity contribution in [2.45, 2.75) is 106 Å². The normalized spacial score (nSPS) is 42.6. The lowest BCUT2D eigenvalue weighted by atomic mass is 9.34. The van der Waals surface area contributed by atoms with E-state index >= 15 is 0 Å². The molecule has 5 aliphatic carbocycles. The quantitative estimate of drug-likeness (QED) is 0.357. The van der Waals surface area contributed by atoms with Gasteiger partial charge < -0.3 is 9.84 Å². The number of ketones is 1. The monoisotopic (exact) mass is 561 g/mol. The van der Waals surface area contributed by atoms with Gasteiger partial charge in [0.25, 0.3) is 0 Å². The molecule has 0 amide bonds. The van der Waals surface area contributed by atoms with Gasteiger partial charge in [0.1, 0.15) is 0 Å². The van der Waals surface area contributed by atoms with Crippen molar-refractivity contribution in [2.24, 2.45) is 33.0 Å². The average molecular weight is 562 g/mol. The molecule has 1 saturated heterocycles. The number of carbonyl (C=O) groups is 2. The predicted octanol–water partition coefficient (Wildman–Crippen LogP) is 7.64. The van der Waals surface area contributed by atoms with Crippen molar-refractivity contribution in [2.75, 3.05) is 26.2 Å². The van der Waals surface area contributed by atoms with Crippen molar-refractivity contribution < 1.29 is 19.4 Å². The minimum Gasteiger partial charge on any atom is -0.504 e. The molecule has 0 aromatic heterocycles. The van der Waals surface area contributed by atoms with Crippen LogP contribution in [0.4, 0.5) is 0 Å². The van der Waals surface area contributed by atoms with Gasteiger partial charge >= 0.3 is 5.97 Å². The van der Waals surface area contributed by atoms with E-state index in [0.29, 0.717) is 30.1 Å². The molecule has 3 saturated carbocycles. The van der Waals surface area contributed by atoms with Crippen LogP contribution in [0, 0.1) is 33.0 Å². The molecule has 0 bridgehead atoms. The Bertz CT molecular complexity index is 1280. The number of esters is 1. The summed E-state index contributed by atoms with van der Waals surface area (Å²) in [7, 11) is 0. The van der Waals surface area contributed by atoms with Crippen molar-refractivity contribution in [3.63, 3.8) is 0 Å². The molecule has 5 nitrogen and oxygen atoms in total. The maximum Gasteiger partial charge on any atom is 0.320 e. The lowest BCUT2D eigenvalue weighted by Gasteiger charge is -2.70. The predicted molar refractivity (Wildman–Crippen MR) is 162 cm³/mol. The number of fused-ring (bicyclic) bond motifs is 7. The second-order valence-electron chi connectivity index (χ2n) is 15.9. The lowest BCUT2D eigenvalue weighted by molar-refractivity contribution is -0.173. The third-order valence-electron chi connectivity index (χ3n) is 13.3. The summed E-state index contributed by atoms with van der Waals surface area (Å²) >= 11 is 0. The summed E-state index contributed by atoms with van der Waals surface area (Å²) in [4.78, 5) is 27.8. The molecule has 0 spiro atoms. The van der Waals surface area contributed by atoms with E-state index in [0.717, 1.165) is 56.3 Å². The molecular formula is C36H51NO4. The number of aliphatic hydroxyl groups is 1. The molecule has 6 aliphatic rings. The van der Waals surface area contributed by atoms with Crippen LogP contribution in [-0.2, 0) is 14.3 Å². The smallest absolute Gasteiger partial charge is 0.320 e. The van der Waals surface area contributed by atoms with Crippen LogP contribution in [0.3, 0.4) is 0 Å². The van der Waals surface area contributed by atoms with Crippen molar-refractivity contribution in [3.8, 4) is 0 Å². The van der Waals surface area contributed by atoms with Crippen LogP contribution >= 0.6 is 0 Å². The molecule has 0 radical (unpaired) electrons. The fourth-order valence-electron chi connectivity index (χ4n) is 10.3. The Morgan fingerprint density at radius 1 is 0.976 bits per heavy atom. The first-order chi connectivity index (χ1) is 19.2. The highest BCUT2D eigenvalue weighted by Gasteiger charge is 2.66. The van der Waals surface area contributed by atoms with E-state index in [4.69, 9.17) is 4.74 Å². The zero-order valence-corrected chi connectivity index (χ0v) is 26.3. The van der Waals surface area contributed by atoms with Gasteiger partial charge in [0.05, 0.1) is 13.2 Å². The van der Waals surface area contributed by atoms with Crippen LogP contribution in [0.5, 0.6) is 0 Å². The van der Waals surface area contributed by atoms with Gasteiger partial charge in [-0.05, 0) is 117 Å². The van der Waals surface area contributed by atoms with Gasteiger partial charge in [-0.15, -0.1) is 0 Å². The first-order valence-electron chi connectivity index (χ1n) is 16.2. The lowest BCUT2D eigenvalue weighted by Crippen LogP contribution is -2.62. The number of allylic oxidation sites excluding steroid dienone is 7. The molecule has 0 unspecified atom stereocenters. The fourth-order valence-corrected chi connectivity index (χ4v) is 10.3. The van der Waals surface area contributed by atoms with Crippen LogP contribution in [0.2, 0.25) is 0 Å². The largest absolute Gasteiger partial charge is 0.504 e. The Balaban J connectivity index is 1.27. The van der Waals surface area contributed by atoms with E-state index in [-0.39, 0.29) is 39.2 Å². The second kappa shape index (κ2) is 9.69. The van der Waals surface area contributed by atoms with Gasteiger partial charge in [-0.25, -0.2) is 0 Å². The zero-order valence-electron chi connectivity index (χ0n) is 26.3. The van der Waals surface area contributed by atoms with Crippen LogP contribution in [0.1, 0.15) is 106 Å². The summed E-state index contributed by atoms with van der Waals surface area (Å²) < 4.78 is 6.02. The summed E-state index contributed by atoms with van der Waals surface area (Å²) in [6.45, 7) is 17.1. The standard InChI is InChI=1S/C36H51NO4/c1-24-25-10-11-28-34(4,26(25)20-27(38)31(24)40)15-17-36(6)29-21-32(2,12-13-33(29,3)14-16-35(28,36)5)23-41-30(39)22-37-18-8-7-9-19-37/h10-11,20,29,40H,7-9,12-19,21-23H2,1-6H3/t29-,32-,33+,34+,35-,36+/m1/s1. The van der Waals surface area contributed by atoms with E-state index in [9.17, 15) is 14.7 Å². The zero-order chi connectivity index (χ0) is 29.4. The van der Waals surface area contributed by atoms with Gasteiger partial charge in [-0.2, -0.15) is 0 Å². The Morgan fingerprint density at radius 2 is 1.68 bits per heavy atom. The van der Waals surface area contributed by atoms with E-state index < -0.39 is 0 Å². The number of likely N-dealkylation sites (tertiary alicyclic amines) is 1. The molecule has 41 heavy (non-hydrogen) atoms. The topological polar surface area (TPSA) is 66.8 Å². The fraction of sp³-hybridized carbons (Fsp3) is 0.722. The highest BCUT2D eigenvalue weighted by molar-refractivity contribution is 6.06. The summed E-state index contributed by atoms with van der Waals surface area (Å²) in [5.74, 6) is 0.107. The number of ether oxygens (including phenoxy) is 1. The average Bonchev–Trinajstić information content (AvgIpc) is 2.94. The molecule has 1 aliphatic heterocycles. The van der Waals surface area contributed by atoms with E-state index in [1.54, 1.807) is 6.08 Å². The minimum atomic E-state index is -0.260. The molecule has 1 N–H and O–H groups in total. The first kappa shape index (κ1) is 29.0. The SMILES string of the molecule is CC1=C(O)C(=O)C=C2C1=CC=C1[C@@]2(C)CC[C@@]2(C)[C@@H]3C[C@](C)(COC(=O)CN4CCCCC4)CC[C@@]3(C)CC[C@]12C. The number of nitrogens with zero attached hydrogens (tertiary/aromatic N) is 1. The molecular weight excluding hydrogens is 510 g/mol. The van der Waals surface area contributed by atoms with Gasteiger partial charge in [0, 0.05) is 16.4 Å². The second-order valence-corrected chi connectivity index (χ2v) is 15.9. The Morgan fingerprint density at radius 3 is 2.41 bits per heavy atom. The first-order valence-corrected chi connectivity index (χ1v) is 16.2. The van der Waals surface area contributed by atoms with Crippen molar-refractivity contribution in [1.29, 1.82) is 0 Å². The molecule has 1 heterocycles. The van der Waals surface area contributed by atoms with E-state index in [2.05, 4.69) is 51.7 Å². The number of hydrogen-bond acceptors (Lipinski definition) is 5. The molecule has 224 valence electrons. The number of hydrogen-bond donors (Lipinski definition) is 1.